The van der Waals surface area contributed by atoms with Crippen LogP contribution in [-0.4, -0.2) is 93.6 Å². The largest absolute Gasteiger partial charge is 0.497 e. The van der Waals surface area contributed by atoms with Crippen molar-refractivity contribution in [3.63, 3.8) is 0 Å². The number of ether oxygens (including phenoxy) is 3. The Hall–Kier alpha value is -2.81. The van der Waals surface area contributed by atoms with E-state index in [-0.39, 0.29) is 36.7 Å². The van der Waals surface area contributed by atoms with Crippen LogP contribution < -0.4 is 14.4 Å². The molecule has 0 fully saturated rings. The van der Waals surface area contributed by atoms with Crippen LogP contribution in [0.5, 0.6) is 11.5 Å². The Morgan fingerprint density at radius 3 is 2.48 bits per heavy atom. The van der Waals surface area contributed by atoms with Gasteiger partial charge in [0.15, 0.2) is 0 Å². The monoisotopic (exact) mass is 555 g/mol. The molecule has 1 aliphatic rings. The van der Waals surface area contributed by atoms with Crippen LogP contribution in [0.1, 0.15) is 56.0 Å². The third kappa shape index (κ3) is 8.85. The number of anilines is 1. The van der Waals surface area contributed by atoms with E-state index < -0.39 is 0 Å². The topological polar surface area (TPSA) is 74.7 Å². The predicted octanol–water partition coefficient (Wildman–Crippen LogP) is 4.69. The lowest BCUT2D eigenvalue weighted by molar-refractivity contribution is -0.0177. The molecule has 0 radical (unpaired) electrons. The van der Waals surface area contributed by atoms with Crippen molar-refractivity contribution in [1.29, 1.82) is 0 Å². The number of benzene rings is 2. The summed E-state index contributed by atoms with van der Waals surface area (Å²) in [5.74, 6) is 1.34. The summed E-state index contributed by atoms with van der Waals surface area (Å²) in [6.45, 7) is 8.57. The van der Waals surface area contributed by atoms with Gasteiger partial charge in [-0.15, -0.1) is 0 Å². The zero-order chi connectivity index (χ0) is 29.2. The second-order valence-electron chi connectivity index (χ2n) is 11.4. The van der Waals surface area contributed by atoms with Crippen molar-refractivity contribution in [2.75, 3.05) is 59.5 Å². The van der Waals surface area contributed by atoms with Gasteiger partial charge in [0.05, 0.1) is 37.5 Å². The van der Waals surface area contributed by atoms with Crippen LogP contribution in [0.2, 0.25) is 0 Å². The smallest absolute Gasteiger partial charge is 0.258 e. The molecule has 2 aromatic rings. The van der Waals surface area contributed by atoms with E-state index in [2.05, 4.69) is 31.0 Å². The van der Waals surface area contributed by atoms with Gasteiger partial charge in [-0.1, -0.05) is 19.1 Å². The quantitative estimate of drug-likeness (QED) is 0.507. The SMILES string of the molecule is COc1ccc(CN(C)C[C@H]2OCCCC[C@@H](C)Oc3ccc(N(C)C)cc3C(=O)N([C@@H](C)CO)C[C@H]2C)cc1. The molecule has 0 aliphatic carbocycles. The van der Waals surface area contributed by atoms with Gasteiger partial charge >= 0.3 is 0 Å². The number of carbonyl (C=O) groups is 1. The molecule has 0 bridgehead atoms. The normalized spacial score (nSPS) is 21.8. The maximum atomic E-state index is 14.1. The average molecular weight is 556 g/mol. The van der Waals surface area contributed by atoms with E-state index in [1.54, 1.807) is 12.0 Å². The fraction of sp³-hybridized carbons (Fsp3) is 0.594. The number of methoxy groups -OCH3 is 1. The minimum atomic E-state index is -0.353. The number of carbonyl (C=O) groups excluding carboxylic acids is 1. The minimum Gasteiger partial charge on any atom is -0.497 e. The van der Waals surface area contributed by atoms with Gasteiger partial charge < -0.3 is 29.1 Å². The van der Waals surface area contributed by atoms with Crippen molar-refractivity contribution in [3.8, 4) is 11.5 Å². The molecule has 222 valence electrons. The maximum absolute atomic E-state index is 14.1. The van der Waals surface area contributed by atoms with E-state index in [1.807, 2.05) is 63.2 Å². The molecular formula is C32H49N3O5. The lowest BCUT2D eigenvalue weighted by Gasteiger charge is -2.36. The van der Waals surface area contributed by atoms with Gasteiger partial charge in [0.2, 0.25) is 0 Å². The first-order chi connectivity index (χ1) is 19.1. The molecule has 0 saturated carbocycles. The lowest BCUT2D eigenvalue weighted by atomic mass is 10.0. The van der Waals surface area contributed by atoms with Crippen LogP contribution in [0.3, 0.4) is 0 Å². The number of fused-ring (bicyclic) bond motifs is 1. The first-order valence-corrected chi connectivity index (χ1v) is 14.5. The van der Waals surface area contributed by atoms with Gasteiger partial charge in [-0.25, -0.2) is 0 Å². The highest BCUT2D eigenvalue weighted by atomic mass is 16.5. The summed E-state index contributed by atoms with van der Waals surface area (Å²) in [7, 11) is 7.69. The summed E-state index contributed by atoms with van der Waals surface area (Å²) in [6.07, 6.45) is 2.70. The van der Waals surface area contributed by atoms with Gasteiger partial charge in [0.25, 0.3) is 5.91 Å². The van der Waals surface area contributed by atoms with Crippen LogP contribution in [0.25, 0.3) is 0 Å². The van der Waals surface area contributed by atoms with Gasteiger partial charge in [-0.3, -0.25) is 9.69 Å². The van der Waals surface area contributed by atoms with Crippen molar-refractivity contribution >= 4 is 11.6 Å². The van der Waals surface area contributed by atoms with Crippen LogP contribution in [0.15, 0.2) is 42.5 Å². The summed E-state index contributed by atoms with van der Waals surface area (Å²) in [6, 6.07) is 13.5. The summed E-state index contributed by atoms with van der Waals surface area (Å²) in [5, 5.41) is 10.1. The minimum absolute atomic E-state index is 0.0336. The summed E-state index contributed by atoms with van der Waals surface area (Å²) < 4.78 is 18.1. The molecule has 3 rings (SSSR count). The highest BCUT2D eigenvalue weighted by molar-refractivity contribution is 5.98. The van der Waals surface area contributed by atoms with Gasteiger partial charge in [0, 0.05) is 51.9 Å². The summed E-state index contributed by atoms with van der Waals surface area (Å²) in [4.78, 5) is 20.1. The van der Waals surface area contributed by atoms with Crippen molar-refractivity contribution in [3.05, 3.63) is 53.6 Å². The Kier molecular flexibility index (Phi) is 12.1. The Morgan fingerprint density at radius 1 is 1.10 bits per heavy atom. The lowest BCUT2D eigenvalue weighted by Crippen LogP contribution is -2.47. The van der Waals surface area contributed by atoms with E-state index in [4.69, 9.17) is 14.2 Å². The predicted molar refractivity (Wildman–Crippen MR) is 161 cm³/mol. The summed E-state index contributed by atoms with van der Waals surface area (Å²) >= 11 is 0. The van der Waals surface area contributed by atoms with Crippen LogP contribution >= 0.6 is 0 Å². The first kappa shape index (κ1) is 31.7. The van der Waals surface area contributed by atoms with Crippen LogP contribution in [0, 0.1) is 5.92 Å². The number of hydrogen-bond acceptors (Lipinski definition) is 7. The Bertz CT molecular complexity index is 1060. The second-order valence-corrected chi connectivity index (χ2v) is 11.4. The summed E-state index contributed by atoms with van der Waals surface area (Å²) in [5.41, 5.74) is 2.65. The molecule has 1 amide bonds. The number of rotatable bonds is 8. The first-order valence-electron chi connectivity index (χ1n) is 14.5. The molecule has 1 N–H and O–H groups in total. The number of aliphatic hydroxyl groups excluding tert-OH is 1. The molecule has 8 heteroatoms. The van der Waals surface area contributed by atoms with Crippen molar-refractivity contribution in [1.82, 2.24) is 9.80 Å². The number of hydrogen-bond donors (Lipinski definition) is 1. The molecule has 8 nitrogen and oxygen atoms in total. The molecule has 0 spiro atoms. The fourth-order valence-corrected chi connectivity index (χ4v) is 5.07. The highest BCUT2D eigenvalue weighted by Crippen LogP contribution is 2.29. The fourth-order valence-electron chi connectivity index (χ4n) is 5.07. The molecular weight excluding hydrogens is 506 g/mol. The van der Waals surface area contributed by atoms with E-state index in [1.165, 1.54) is 5.56 Å². The van der Waals surface area contributed by atoms with Gasteiger partial charge in [-0.2, -0.15) is 0 Å². The number of amides is 1. The Balaban J connectivity index is 1.87. The van der Waals surface area contributed by atoms with Crippen molar-refractivity contribution in [2.24, 2.45) is 5.92 Å². The standard InChI is InChI=1S/C32H49N3O5/c1-23-19-35(24(2)22-36)32(37)29-18-27(33(4)5)13-16-30(29)40-25(3)10-8-9-17-39-31(23)21-34(6)20-26-11-14-28(38-7)15-12-26/h11-16,18,23-25,31,36H,8-10,17,19-22H2,1-7H3/t23-,24+,25-,31-/m1/s1. The molecule has 0 aromatic heterocycles. The van der Waals surface area contributed by atoms with E-state index in [9.17, 15) is 9.90 Å². The third-order valence-corrected chi connectivity index (χ3v) is 7.65. The molecule has 2 aromatic carbocycles. The van der Waals surface area contributed by atoms with Gasteiger partial charge in [0.1, 0.15) is 11.5 Å². The number of nitrogens with zero attached hydrogens (tertiary/aromatic N) is 3. The third-order valence-electron chi connectivity index (χ3n) is 7.65. The van der Waals surface area contributed by atoms with E-state index in [0.717, 1.165) is 43.8 Å². The molecule has 1 aliphatic heterocycles. The Labute approximate surface area is 240 Å². The average Bonchev–Trinajstić information content (AvgIpc) is 2.94. The van der Waals surface area contributed by atoms with Gasteiger partial charge in [-0.05, 0) is 76.1 Å². The number of aliphatic hydroxyl groups is 1. The zero-order valence-electron chi connectivity index (χ0n) is 25.4. The van der Waals surface area contributed by atoms with E-state index in [0.29, 0.717) is 24.5 Å². The molecule has 40 heavy (non-hydrogen) atoms. The van der Waals surface area contributed by atoms with Crippen molar-refractivity contribution in [2.45, 2.75) is 64.8 Å². The highest BCUT2D eigenvalue weighted by Gasteiger charge is 2.30. The van der Waals surface area contributed by atoms with Crippen LogP contribution in [-0.2, 0) is 11.3 Å². The van der Waals surface area contributed by atoms with Crippen LogP contribution in [0.4, 0.5) is 5.69 Å². The maximum Gasteiger partial charge on any atom is 0.258 e. The molecule has 4 atom stereocenters. The molecule has 1 heterocycles. The molecule has 0 saturated heterocycles. The van der Waals surface area contributed by atoms with Crippen molar-refractivity contribution < 1.29 is 24.1 Å². The second kappa shape index (κ2) is 15.3. The Morgan fingerprint density at radius 2 is 1.82 bits per heavy atom. The zero-order valence-corrected chi connectivity index (χ0v) is 25.4. The molecule has 0 unspecified atom stereocenters. The van der Waals surface area contributed by atoms with E-state index >= 15 is 0 Å². The number of likely N-dealkylation sites (N-methyl/N-ethyl adjacent to an activating group) is 1.